The number of hydrogen-bond acceptors (Lipinski definition) is 7. The average molecular weight is 549 g/mol. The van der Waals surface area contributed by atoms with Gasteiger partial charge in [-0.3, -0.25) is 14.7 Å². The highest BCUT2D eigenvalue weighted by Gasteiger charge is 2.54. The van der Waals surface area contributed by atoms with Gasteiger partial charge in [-0.1, -0.05) is 6.08 Å². The number of amides is 3. The largest absolute Gasteiger partial charge is 0.353 e. The van der Waals surface area contributed by atoms with Gasteiger partial charge in [0.25, 0.3) is 0 Å². The molecule has 5 rings (SSSR count). The second kappa shape index (κ2) is 11.3. The summed E-state index contributed by atoms with van der Waals surface area (Å²) in [5.41, 5.74) is 11.4. The zero-order valence-electron chi connectivity index (χ0n) is 22.3. The predicted octanol–water partition coefficient (Wildman–Crippen LogP) is 0.856. The highest BCUT2D eigenvalue weighted by molar-refractivity contribution is 5.89. The van der Waals surface area contributed by atoms with E-state index < -0.39 is 11.2 Å². The van der Waals surface area contributed by atoms with Crippen LogP contribution < -0.4 is 22.5 Å². The molecule has 2 aliphatic heterocycles. The van der Waals surface area contributed by atoms with Gasteiger partial charge in [0.05, 0.1) is 5.54 Å². The minimum absolute atomic E-state index is 0. The van der Waals surface area contributed by atoms with E-state index in [4.69, 9.17) is 11.5 Å². The number of nitrogens with two attached hydrogens (primary N) is 2. The molecule has 0 bridgehead atoms. The number of nitrogens with one attached hydrogen (secondary N) is 1. The number of fused-ring (bicyclic) bond motifs is 1. The second-order valence-corrected chi connectivity index (χ2v) is 11.7. The number of aromatic nitrogens is 2. The molecule has 2 saturated heterocycles. The lowest BCUT2D eigenvalue weighted by molar-refractivity contribution is -0.137. The van der Waals surface area contributed by atoms with E-state index in [0.717, 1.165) is 55.8 Å². The standard InChI is InChI=1S/C26H40N8O3.ClH/c1-26(2,28)23(35)32-9-11-33(12-10-32)24(36)29-22-7-8-34(25(37)30-22)18-5-3-17(4-6-18)14-31-15-20-19(13-27)21(20)16-31;/h5,7-8,17,19-21H,3-4,6,9-16,27-28H2,1-2H3,(H,29,30,36,37);1H. The first-order valence-corrected chi connectivity index (χ1v) is 13.5. The third-order valence-corrected chi connectivity index (χ3v) is 8.48. The minimum atomic E-state index is -0.935. The summed E-state index contributed by atoms with van der Waals surface area (Å²) in [5, 5.41) is 2.72. The van der Waals surface area contributed by atoms with Crippen LogP contribution in [0.3, 0.4) is 0 Å². The molecule has 0 aromatic carbocycles. The number of hydrogen-bond donors (Lipinski definition) is 3. The molecule has 0 radical (unpaired) electrons. The Bertz CT molecular complexity index is 1110. The van der Waals surface area contributed by atoms with Crippen molar-refractivity contribution in [1.29, 1.82) is 0 Å². The topological polar surface area (TPSA) is 143 Å². The number of rotatable bonds is 6. The Morgan fingerprint density at radius 1 is 1.13 bits per heavy atom. The van der Waals surface area contributed by atoms with Crippen LogP contribution in [0.15, 0.2) is 23.1 Å². The molecule has 0 spiro atoms. The number of urea groups is 1. The summed E-state index contributed by atoms with van der Waals surface area (Å²) in [4.78, 5) is 47.8. The van der Waals surface area contributed by atoms with E-state index in [-0.39, 0.29) is 30.2 Å². The van der Waals surface area contributed by atoms with Crippen molar-refractivity contribution in [3.05, 3.63) is 28.8 Å². The van der Waals surface area contributed by atoms with Crippen molar-refractivity contribution < 1.29 is 9.59 Å². The van der Waals surface area contributed by atoms with Crippen molar-refractivity contribution in [1.82, 2.24) is 24.3 Å². The highest BCUT2D eigenvalue weighted by atomic mass is 35.5. The van der Waals surface area contributed by atoms with E-state index in [1.165, 1.54) is 13.1 Å². The van der Waals surface area contributed by atoms with Crippen LogP contribution in [0.1, 0.15) is 33.1 Å². The molecule has 3 heterocycles. The van der Waals surface area contributed by atoms with Gasteiger partial charge in [0.15, 0.2) is 0 Å². The number of carbonyl (C=O) groups is 2. The third kappa shape index (κ3) is 6.06. The van der Waals surface area contributed by atoms with Crippen molar-refractivity contribution in [2.75, 3.05) is 57.7 Å². The number of allylic oxidation sites excluding steroid dienone is 2. The van der Waals surface area contributed by atoms with Gasteiger partial charge >= 0.3 is 11.7 Å². The van der Waals surface area contributed by atoms with Gasteiger partial charge in [0.2, 0.25) is 5.91 Å². The summed E-state index contributed by atoms with van der Waals surface area (Å²) in [6, 6.07) is 1.33. The van der Waals surface area contributed by atoms with Crippen molar-refractivity contribution in [3.8, 4) is 0 Å². The summed E-state index contributed by atoms with van der Waals surface area (Å²) >= 11 is 0. The molecular formula is C26H41ClN8O3. The van der Waals surface area contributed by atoms with Gasteiger partial charge in [0, 0.05) is 57.7 Å². The van der Waals surface area contributed by atoms with E-state index in [9.17, 15) is 14.4 Å². The molecule has 3 unspecified atom stereocenters. The minimum Gasteiger partial charge on any atom is -0.338 e. The normalized spacial score (nSPS) is 27.3. The molecule has 1 aromatic rings. The van der Waals surface area contributed by atoms with E-state index in [0.29, 0.717) is 32.1 Å². The Labute approximate surface area is 230 Å². The molecule has 38 heavy (non-hydrogen) atoms. The summed E-state index contributed by atoms with van der Waals surface area (Å²) in [7, 11) is 0. The molecule has 4 aliphatic rings. The molecule has 1 aromatic heterocycles. The Hall–Kier alpha value is -2.47. The summed E-state index contributed by atoms with van der Waals surface area (Å²) in [5.74, 6) is 3.11. The lowest BCUT2D eigenvalue weighted by Crippen LogP contribution is -2.58. The van der Waals surface area contributed by atoms with Crippen LogP contribution in [0, 0.1) is 23.7 Å². The van der Waals surface area contributed by atoms with Crippen LogP contribution in [0.5, 0.6) is 0 Å². The quantitative estimate of drug-likeness (QED) is 0.478. The third-order valence-electron chi connectivity index (χ3n) is 8.48. The lowest BCUT2D eigenvalue weighted by atomic mass is 9.91. The monoisotopic (exact) mass is 548 g/mol. The molecule has 5 N–H and O–H groups in total. The van der Waals surface area contributed by atoms with Gasteiger partial charge in [-0.05, 0) is 69.4 Å². The number of carbonyl (C=O) groups excluding carboxylic acids is 2. The van der Waals surface area contributed by atoms with Crippen molar-refractivity contribution in [3.63, 3.8) is 0 Å². The smallest absolute Gasteiger partial charge is 0.338 e. The lowest BCUT2D eigenvalue weighted by Gasteiger charge is -2.37. The van der Waals surface area contributed by atoms with Crippen molar-refractivity contribution in [2.45, 2.75) is 38.6 Å². The first kappa shape index (κ1) is 28.5. The Morgan fingerprint density at radius 3 is 2.34 bits per heavy atom. The van der Waals surface area contributed by atoms with Gasteiger partial charge in [-0.25, -0.2) is 9.59 Å². The van der Waals surface area contributed by atoms with Crippen LogP contribution in [0.2, 0.25) is 0 Å². The summed E-state index contributed by atoms with van der Waals surface area (Å²) in [6.45, 7) is 9.32. The zero-order valence-corrected chi connectivity index (χ0v) is 23.2. The van der Waals surface area contributed by atoms with E-state index >= 15 is 0 Å². The number of anilines is 1. The molecule has 3 atom stereocenters. The predicted molar refractivity (Wildman–Crippen MR) is 149 cm³/mol. The van der Waals surface area contributed by atoms with Crippen LogP contribution in [0.4, 0.5) is 10.6 Å². The van der Waals surface area contributed by atoms with Gasteiger partial charge in [-0.2, -0.15) is 4.98 Å². The van der Waals surface area contributed by atoms with E-state index in [1.807, 2.05) is 0 Å². The van der Waals surface area contributed by atoms with Crippen molar-refractivity contribution >= 4 is 35.9 Å². The second-order valence-electron chi connectivity index (χ2n) is 11.7. The van der Waals surface area contributed by atoms with Crippen molar-refractivity contribution in [2.24, 2.45) is 35.1 Å². The first-order chi connectivity index (χ1) is 17.6. The summed E-state index contributed by atoms with van der Waals surface area (Å²) in [6.07, 6.45) is 6.71. The molecule has 12 heteroatoms. The maximum absolute atomic E-state index is 12.7. The number of likely N-dealkylation sites (tertiary alicyclic amines) is 1. The first-order valence-electron chi connectivity index (χ1n) is 13.5. The molecule has 210 valence electrons. The molecule has 1 saturated carbocycles. The Morgan fingerprint density at radius 2 is 1.79 bits per heavy atom. The molecule has 3 fully saturated rings. The maximum Gasteiger partial charge on any atom is 0.353 e. The van der Waals surface area contributed by atoms with E-state index in [2.05, 4.69) is 21.3 Å². The average Bonchev–Trinajstić information content (AvgIpc) is 3.36. The SMILES string of the molecule is CC(C)(N)C(=O)N1CCN(C(=O)Nc2ccn(C3=CCC(CN4CC5C(CN)C5C4)CC3)c(=O)n2)CC1.Cl. The molecular weight excluding hydrogens is 508 g/mol. The van der Waals surface area contributed by atoms with Crippen LogP contribution in [-0.2, 0) is 4.79 Å². The van der Waals surface area contributed by atoms with Crippen LogP contribution in [-0.4, -0.2) is 94.1 Å². The molecule has 3 amide bonds. The van der Waals surface area contributed by atoms with E-state index in [1.54, 1.807) is 40.5 Å². The number of halogens is 1. The molecule has 2 aliphatic carbocycles. The van der Waals surface area contributed by atoms with Gasteiger partial charge in [0.1, 0.15) is 5.82 Å². The van der Waals surface area contributed by atoms with Gasteiger partial charge < -0.3 is 26.2 Å². The number of piperidine rings is 1. The fraction of sp³-hybridized carbons (Fsp3) is 0.692. The number of piperazine rings is 1. The van der Waals surface area contributed by atoms with Gasteiger partial charge in [-0.15, -0.1) is 12.4 Å². The highest BCUT2D eigenvalue weighted by Crippen LogP contribution is 2.51. The Kier molecular flexibility index (Phi) is 8.51. The van der Waals surface area contributed by atoms with Crippen LogP contribution >= 0.6 is 12.4 Å². The fourth-order valence-electron chi connectivity index (χ4n) is 6.26. The Balaban J connectivity index is 0.00000336. The zero-order chi connectivity index (χ0) is 26.3. The number of nitrogens with zero attached hydrogens (tertiary/aromatic N) is 5. The summed E-state index contributed by atoms with van der Waals surface area (Å²) < 4.78 is 1.59. The fourth-order valence-corrected chi connectivity index (χ4v) is 6.26. The molecule has 11 nitrogen and oxygen atoms in total. The van der Waals surface area contributed by atoms with Crippen LogP contribution in [0.25, 0.3) is 5.70 Å². The maximum atomic E-state index is 12.7.